The summed E-state index contributed by atoms with van der Waals surface area (Å²) in [7, 11) is 4.23. The van der Waals surface area contributed by atoms with Gasteiger partial charge >= 0.3 is 0 Å². The fourth-order valence-electron chi connectivity index (χ4n) is 3.23. The van der Waals surface area contributed by atoms with Crippen LogP contribution in [0.4, 0.5) is 0 Å². The first-order valence-electron chi connectivity index (χ1n) is 7.80. The summed E-state index contributed by atoms with van der Waals surface area (Å²) in [5, 5.41) is 3.72. The Labute approximate surface area is 123 Å². The molecule has 3 N–H and O–H groups in total. The largest absolute Gasteiger partial charge is 0.329 e. The van der Waals surface area contributed by atoms with Crippen molar-refractivity contribution < 1.29 is 0 Å². The molecule has 0 aliphatic heterocycles. The van der Waals surface area contributed by atoms with E-state index in [0.29, 0.717) is 5.92 Å². The van der Waals surface area contributed by atoms with Crippen LogP contribution >= 0.6 is 0 Å². The van der Waals surface area contributed by atoms with Gasteiger partial charge in [0.25, 0.3) is 0 Å². The van der Waals surface area contributed by atoms with Gasteiger partial charge < -0.3 is 16.0 Å². The van der Waals surface area contributed by atoms with Crippen molar-refractivity contribution in [2.75, 3.05) is 33.7 Å². The van der Waals surface area contributed by atoms with Crippen LogP contribution in [0.1, 0.15) is 37.2 Å². The average molecular weight is 275 g/mol. The maximum absolute atomic E-state index is 6.06. The first-order valence-corrected chi connectivity index (χ1v) is 7.80. The molecule has 1 aliphatic rings. The topological polar surface area (TPSA) is 41.3 Å². The van der Waals surface area contributed by atoms with E-state index in [1.54, 1.807) is 0 Å². The lowest BCUT2D eigenvalue weighted by molar-refractivity contribution is 0.215. The molecule has 0 saturated heterocycles. The van der Waals surface area contributed by atoms with Crippen molar-refractivity contribution in [3.63, 3.8) is 0 Å². The SMILES string of the molecule is CN(C)CCNC1(CN)CCC(c2ccccc2)CC1. The molecule has 3 heteroatoms. The van der Waals surface area contributed by atoms with Crippen LogP contribution in [0.15, 0.2) is 30.3 Å². The van der Waals surface area contributed by atoms with Gasteiger partial charge in [0.1, 0.15) is 0 Å². The molecule has 2 rings (SSSR count). The van der Waals surface area contributed by atoms with Crippen molar-refractivity contribution in [1.29, 1.82) is 0 Å². The minimum Gasteiger partial charge on any atom is -0.329 e. The van der Waals surface area contributed by atoms with Gasteiger partial charge in [-0.1, -0.05) is 30.3 Å². The Balaban J connectivity index is 1.87. The minimum absolute atomic E-state index is 0.168. The van der Waals surface area contributed by atoms with Gasteiger partial charge in [-0.15, -0.1) is 0 Å². The van der Waals surface area contributed by atoms with Crippen molar-refractivity contribution in [3.05, 3.63) is 35.9 Å². The maximum atomic E-state index is 6.06. The van der Waals surface area contributed by atoms with Crippen LogP contribution in [0, 0.1) is 0 Å². The van der Waals surface area contributed by atoms with E-state index in [-0.39, 0.29) is 5.54 Å². The van der Waals surface area contributed by atoms with Crippen molar-refractivity contribution in [3.8, 4) is 0 Å². The predicted octanol–water partition coefficient (Wildman–Crippen LogP) is 2.19. The molecule has 1 aromatic carbocycles. The zero-order valence-electron chi connectivity index (χ0n) is 12.9. The molecule has 0 radical (unpaired) electrons. The van der Waals surface area contributed by atoms with Crippen LogP contribution in [-0.2, 0) is 0 Å². The second kappa shape index (κ2) is 7.21. The van der Waals surface area contributed by atoms with Gasteiger partial charge in [-0.05, 0) is 51.3 Å². The lowest BCUT2D eigenvalue weighted by Crippen LogP contribution is -2.54. The van der Waals surface area contributed by atoms with E-state index in [9.17, 15) is 0 Å². The van der Waals surface area contributed by atoms with Gasteiger partial charge in [0.05, 0.1) is 0 Å². The van der Waals surface area contributed by atoms with E-state index >= 15 is 0 Å². The fourth-order valence-corrected chi connectivity index (χ4v) is 3.23. The molecule has 0 spiro atoms. The molecule has 0 amide bonds. The summed E-state index contributed by atoms with van der Waals surface area (Å²) in [6.07, 6.45) is 4.87. The van der Waals surface area contributed by atoms with Gasteiger partial charge in [-0.2, -0.15) is 0 Å². The lowest BCUT2D eigenvalue weighted by atomic mass is 9.74. The molecule has 1 aromatic rings. The molecular weight excluding hydrogens is 246 g/mol. The van der Waals surface area contributed by atoms with E-state index in [1.807, 2.05) is 0 Å². The molecule has 1 saturated carbocycles. The summed E-state index contributed by atoms with van der Waals surface area (Å²) in [4.78, 5) is 2.22. The molecule has 0 aromatic heterocycles. The monoisotopic (exact) mass is 275 g/mol. The third-order valence-corrected chi connectivity index (χ3v) is 4.66. The maximum Gasteiger partial charge on any atom is 0.0305 e. The standard InChI is InChI=1S/C17H29N3/c1-20(2)13-12-19-17(14-18)10-8-16(9-11-17)15-6-4-3-5-7-15/h3-7,16,19H,8-14,18H2,1-2H3. The van der Waals surface area contributed by atoms with Crippen molar-refractivity contribution >= 4 is 0 Å². The van der Waals surface area contributed by atoms with E-state index in [0.717, 1.165) is 19.6 Å². The predicted molar refractivity (Wildman–Crippen MR) is 86.0 cm³/mol. The van der Waals surface area contributed by atoms with Gasteiger partial charge in [-0.25, -0.2) is 0 Å². The van der Waals surface area contributed by atoms with E-state index in [4.69, 9.17) is 5.73 Å². The van der Waals surface area contributed by atoms with Gasteiger partial charge in [0.2, 0.25) is 0 Å². The van der Waals surface area contributed by atoms with Crippen LogP contribution in [0.2, 0.25) is 0 Å². The number of benzene rings is 1. The number of nitrogens with two attached hydrogens (primary N) is 1. The second-order valence-corrected chi connectivity index (χ2v) is 6.40. The number of hydrogen-bond acceptors (Lipinski definition) is 3. The number of rotatable bonds is 6. The molecule has 3 nitrogen and oxygen atoms in total. The Morgan fingerprint density at radius 3 is 2.40 bits per heavy atom. The van der Waals surface area contributed by atoms with Gasteiger partial charge in [-0.3, -0.25) is 0 Å². The third kappa shape index (κ3) is 4.05. The zero-order chi connectivity index (χ0) is 14.4. The van der Waals surface area contributed by atoms with E-state index in [1.165, 1.54) is 31.2 Å². The molecule has 20 heavy (non-hydrogen) atoms. The Bertz CT molecular complexity index is 380. The number of nitrogens with one attached hydrogen (secondary N) is 1. The molecule has 1 fully saturated rings. The summed E-state index contributed by atoms with van der Waals surface area (Å²) in [5.74, 6) is 0.714. The molecule has 1 aliphatic carbocycles. The van der Waals surface area contributed by atoms with Crippen molar-refractivity contribution in [2.45, 2.75) is 37.1 Å². The minimum atomic E-state index is 0.168. The number of likely N-dealkylation sites (N-methyl/N-ethyl adjacent to an activating group) is 1. The Morgan fingerprint density at radius 1 is 1.20 bits per heavy atom. The lowest BCUT2D eigenvalue weighted by Gasteiger charge is -2.41. The average Bonchev–Trinajstić information content (AvgIpc) is 2.48. The molecule has 112 valence electrons. The summed E-state index contributed by atoms with van der Waals surface area (Å²) < 4.78 is 0. The van der Waals surface area contributed by atoms with E-state index in [2.05, 4.69) is 54.6 Å². The van der Waals surface area contributed by atoms with Gasteiger partial charge in [0, 0.05) is 25.2 Å². The summed E-state index contributed by atoms with van der Waals surface area (Å²) in [6.45, 7) is 2.85. The highest BCUT2D eigenvalue weighted by atomic mass is 15.1. The van der Waals surface area contributed by atoms with Gasteiger partial charge in [0.15, 0.2) is 0 Å². The van der Waals surface area contributed by atoms with E-state index < -0.39 is 0 Å². The summed E-state index contributed by atoms with van der Waals surface area (Å²) >= 11 is 0. The highest BCUT2D eigenvalue weighted by Crippen LogP contribution is 2.37. The van der Waals surface area contributed by atoms with Crippen LogP contribution in [0.25, 0.3) is 0 Å². The highest BCUT2D eigenvalue weighted by Gasteiger charge is 2.33. The van der Waals surface area contributed by atoms with Crippen LogP contribution < -0.4 is 11.1 Å². The normalized spacial score (nSPS) is 26.9. The fraction of sp³-hybridized carbons (Fsp3) is 0.647. The highest BCUT2D eigenvalue weighted by molar-refractivity contribution is 5.20. The quantitative estimate of drug-likeness (QED) is 0.836. The Hall–Kier alpha value is -0.900. The van der Waals surface area contributed by atoms with Crippen molar-refractivity contribution in [1.82, 2.24) is 10.2 Å². The molecule has 0 atom stereocenters. The third-order valence-electron chi connectivity index (χ3n) is 4.66. The van der Waals surface area contributed by atoms with Crippen LogP contribution in [-0.4, -0.2) is 44.2 Å². The summed E-state index contributed by atoms with van der Waals surface area (Å²) in [6, 6.07) is 10.9. The van der Waals surface area contributed by atoms with Crippen LogP contribution in [0.3, 0.4) is 0 Å². The molecular formula is C17H29N3. The Kier molecular flexibility index (Phi) is 5.58. The van der Waals surface area contributed by atoms with Crippen molar-refractivity contribution in [2.24, 2.45) is 5.73 Å². The number of hydrogen-bond donors (Lipinski definition) is 2. The number of nitrogens with zero attached hydrogens (tertiary/aromatic N) is 1. The summed E-state index contributed by atoms with van der Waals surface area (Å²) in [5.41, 5.74) is 7.72. The molecule has 0 bridgehead atoms. The molecule has 0 heterocycles. The van der Waals surface area contributed by atoms with Crippen LogP contribution in [0.5, 0.6) is 0 Å². The second-order valence-electron chi connectivity index (χ2n) is 6.40. The first-order chi connectivity index (χ1) is 9.65. The molecule has 0 unspecified atom stereocenters. The Morgan fingerprint density at radius 2 is 1.85 bits per heavy atom. The zero-order valence-corrected chi connectivity index (χ0v) is 12.9. The smallest absolute Gasteiger partial charge is 0.0305 e. The first kappa shape index (κ1) is 15.5.